The Morgan fingerprint density at radius 2 is 2.27 bits per heavy atom. The molecule has 62 valence electrons. The molecule has 11 heavy (non-hydrogen) atoms. The molecule has 2 heteroatoms. The van der Waals surface area contributed by atoms with E-state index in [0.717, 1.165) is 0 Å². The third-order valence-corrected chi connectivity index (χ3v) is 1.08. The minimum Gasteiger partial charge on any atom is -0.394 e. The fourth-order valence-corrected chi connectivity index (χ4v) is 0.602. The van der Waals surface area contributed by atoms with Crippen molar-refractivity contribution in [3.63, 3.8) is 0 Å². The molecule has 2 atom stereocenters. The van der Waals surface area contributed by atoms with Crippen molar-refractivity contribution in [2.75, 3.05) is 6.61 Å². The number of aliphatic hydroxyl groups is 1. The molecule has 0 heterocycles. The van der Waals surface area contributed by atoms with Gasteiger partial charge in [-0.1, -0.05) is 18.4 Å². The largest absolute Gasteiger partial charge is 0.394 e. The molecular weight excluding hydrogens is 140 g/mol. The van der Waals surface area contributed by atoms with Gasteiger partial charge in [-0.15, -0.1) is 0 Å². The summed E-state index contributed by atoms with van der Waals surface area (Å²) in [5, 5.41) is 8.62. The van der Waals surface area contributed by atoms with Crippen LogP contribution in [0.15, 0.2) is 12.7 Å². The van der Waals surface area contributed by atoms with Crippen LogP contribution in [0.5, 0.6) is 0 Å². The Morgan fingerprint density at radius 3 is 2.73 bits per heavy atom. The van der Waals surface area contributed by atoms with E-state index in [1.807, 2.05) is 6.92 Å². The standard InChI is InChI=1S/C9H14O2/c1-4-5-6-8(2)11-9(3)7-10/h4,8-10H,1,7H2,2-3H3. The Hall–Kier alpha value is -0.780. The lowest BCUT2D eigenvalue weighted by atomic mass is 10.3. The zero-order valence-electron chi connectivity index (χ0n) is 7.00. The first-order chi connectivity index (χ1) is 5.20. The molecule has 0 aromatic heterocycles. The van der Waals surface area contributed by atoms with Crippen LogP contribution in [0, 0.1) is 11.8 Å². The summed E-state index contributed by atoms with van der Waals surface area (Å²) >= 11 is 0. The number of allylic oxidation sites excluding steroid dienone is 1. The zero-order chi connectivity index (χ0) is 8.69. The van der Waals surface area contributed by atoms with Crippen LogP contribution < -0.4 is 0 Å². The van der Waals surface area contributed by atoms with Crippen LogP contribution >= 0.6 is 0 Å². The highest BCUT2D eigenvalue weighted by Crippen LogP contribution is 1.95. The maximum Gasteiger partial charge on any atom is 0.116 e. The molecule has 0 aromatic carbocycles. The van der Waals surface area contributed by atoms with Crippen molar-refractivity contribution >= 4 is 0 Å². The van der Waals surface area contributed by atoms with E-state index in [0.29, 0.717) is 0 Å². The summed E-state index contributed by atoms with van der Waals surface area (Å²) in [5.74, 6) is 5.48. The molecule has 0 fully saturated rings. The van der Waals surface area contributed by atoms with Gasteiger partial charge in [0.25, 0.3) is 0 Å². The summed E-state index contributed by atoms with van der Waals surface area (Å²) in [4.78, 5) is 0. The number of ether oxygens (including phenoxy) is 1. The molecule has 0 saturated carbocycles. The predicted molar refractivity (Wildman–Crippen MR) is 45.1 cm³/mol. The molecule has 0 rings (SSSR count). The fourth-order valence-electron chi connectivity index (χ4n) is 0.602. The Kier molecular flexibility index (Phi) is 5.54. The topological polar surface area (TPSA) is 29.5 Å². The molecule has 0 amide bonds. The second-order valence-electron chi connectivity index (χ2n) is 2.26. The van der Waals surface area contributed by atoms with E-state index in [2.05, 4.69) is 18.4 Å². The van der Waals surface area contributed by atoms with Crippen LogP contribution in [0.2, 0.25) is 0 Å². The highest BCUT2D eigenvalue weighted by atomic mass is 16.5. The van der Waals surface area contributed by atoms with Crippen molar-refractivity contribution in [3.05, 3.63) is 12.7 Å². The summed E-state index contributed by atoms with van der Waals surface area (Å²) in [5.41, 5.74) is 0. The lowest BCUT2D eigenvalue weighted by molar-refractivity contribution is 0.00409. The predicted octanol–water partition coefficient (Wildman–Crippen LogP) is 0.962. The first kappa shape index (κ1) is 10.2. The lowest BCUT2D eigenvalue weighted by Crippen LogP contribution is -2.18. The highest BCUT2D eigenvalue weighted by Gasteiger charge is 2.02. The molecule has 0 aromatic rings. The SMILES string of the molecule is C=CC#CC(C)OC(C)CO. The average molecular weight is 154 g/mol. The Bertz CT molecular complexity index is 164. The average Bonchev–Trinajstić information content (AvgIpc) is 2.00. The second kappa shape index (κ2) is 5.96. The summed E-state index contributed by atoms with van der Waals surface area (Å²) in [6.07, 6.45) is 1.22. The van der Waals surface area contributed by atoms with Crippen LogP contribution in [0.1, 0.15) is 13.8 Å². The van der Waals surface area contributed by atoms with Crippen molar-refractivity contribution in [3.8, 4) is 11.8 Å². The zero-order valence-corrected chi connectivity index (χ0v) is 7.00. The van der Waals surface area contributed by atoms with Crippen LogP contribution in [0.25, 0.3) is 0 Å². The monoisotopic (exact) mass is 154 g/mol. The summed E-state index contributed by atoms with van der Waals surface area (Å²) < 4.78 is 5.23. The first-order valence-corrected chi connectivity index (χ1v) is 3.59. The normalized spacial score (nSPS) is 14.5. The van der Waals surface area contributed by atoms with Crippen molar-refractivity contribution in [2.45, 2.75) is 26.1 Å². The second-order valence-corrected chi connectivity index (χ2v) is 2.26. The van der Waals surface area contributed by atoms with Gasteiger partial charge in [-0.3, -0.25) is 0 Å². The number of aliphatic hydroxyl groups excluding tert-OH is 1. The molecule has 0 aliphatic rings. The number of hydrogen-bond donors (Lipinski definition) is 1. The third-order valence-electron chi connectivity index (χ3n) is 1.08. The minimum absolute atomic E-state index is 0.0279. The molecule has 2 unspecified atom stereocenters. The van der Waals surface area contributed by atoms with Gasteiger partial charge in [0, 0.05) is 0 Å². The Balaban J connectivity index is 3.67. The molecule has 0 spiro atoms. The maximum absolute atomic E-state index is 8.62. The van der Waals surface area contributed by atoms with Crippen molar-refractivity contribution < 1.29 is 9.84 Å². The van der Waals surface area contributed by atoms with Gasteiger partial charge in [0.05, 0.1) is 12.7 Å². The summed E-state index contributed by atoms with van der Waals surface area (Å²) in [7, 11) is 0. The third kappa shape index (κ3) is 5.65. The van der Waals surface area contributed by atoms with Gasteiger partial charge in [0.2, 0.25) is 0 Å². The van der Waals surface area contributed by atoms with Gasteiger partial charge in [-0.05, 0) is 19.9 Å². The maximum atomic E-state index is 8.62. The van der Waals surface area contributed by atoms with E-state index in [1.54, 1.807) is 6.92 Å². The molecular formula is C9H14O2. The van der Waals surface area contributed by atoms with E-state index in [-0.39, 0.29) is 18.8 Å². The summed E-state index contributed by atoms with van der Waals surface area (Å²) in [6.45, 7) is 7.11. The van der Waals surface area contributed by atoms with Gasteiger partial charge < -0.3 is 9.84 Å². The van der Waals surface area contributed by atoms with Gasteiger partial charge in [-0.2, -0.15) is 0 Å². The van der Waals surface area contributed by atoms with E-state index in [4.69, 9.17) is 9.84 Å². The van der Waals surface area contributed by atoms with E-state index in [9.17, 15) is 0 Å². The molecule has 2 nitrogen and oxygen atoms in total. The van der Waals surface area contributed by atoms with E-state index < -0.39 is 0 Å². The van der Waals surface area contributed by atoms with Crippen LogP contribution in [0.3, 0.4) is 0 Å². The van der Waals surface area contributed by atoms with Crippen LogP contribution in [-0.4, -0.2) is 23.9 Å². The first-order valence-electron chi connectivity index (χ1n) is 3.59. The molecule has 0 aliphatic carbocycles. The quantitative estimate of drug-likeness (QED) is 0.613. The van der Waals surface area contributed by atoms with Crippen molar-refractivity contribution in [2.24, 2.45) is 0 Å². The Labute approximate surface area is 67.9 Å². The highest BCUT2D eigenvalue weighted by molar-refractivity contribution is 5.14. The van der Waals surface area contributed by atoms with Gasteiger partial charge in [-0.25, -0.2) is 0 Å². The van der Waals surface area contributed by atoms with Gasteiger partial charge >= 0.3 is 0 Å². The van der Waals surface area contributed by atoms with Crippen molar-refractivity contribution in [1.82, 2.24) is 0 Å². The van der Waals surface area contributed by atoms with Crippen LogP contribution in [-0.2, 0) is 4.74 Å². The fraction of sp³-hybridized carbons (Fsp3) is 0.556. The molecule has 0 bridgehead atoms. The van der Waals surface area contributed by atoms with Crippen LogP contribution in [0.4, 0.5) is 0 Å². The van der Waals surface area contributed by atoms with Crippen molar-refractivity contribution in [1.29, 1.82) is 0 Å². The van der Waals surface area contributed by atoms with E-state index in [1.165, 1.54) is 6.08 Å². The summed E-state index contributed by atoms with van der Waals surface area (Å²) in [6, 6.07) is 0. The molecule has 0 radical (unpaired) electrons. The minimum atomic E-state index is -0.149. The van der Waals surface area contributed by atoms with Gasteiger partial charge in [0.1, 0.15) is 6.10 Å². The van der Waals surface area contributed by atoms with E-state index >= 15 is 0 Å². The molecule has 1 N–H and O–H groups in total. The number of hydrogen-bond acceptors (Lipinski definition) is 2. The number of rotatable bonds is 3. The molecule has 0 aliphatic heterocycles. The smallest absolute Gasteiger partial charge is 0.116 e. The molecule has 0 saturated heterocycles. The lowest BCUT2D eigenvalue weighted by Gasteiger charge is -2.11. The Morgan fingerprint density at radius 1 is 1.64 bits per heavy atom. The van der Waals surface area contributed by atoms with Gasteiger partial charge in [0.15, 0.2) is 0 Å².